The molecule has 2 amide bonds. The van der Waals surface area contributed by atoms with Gasteiger partial charge in [0.15, 0.2) is 0 Å². The van der Waals surface area contributed by atoms with E-state index in [1.54, 1.807) is 0 Å². The van der Waals surface area contributed by atoms with Crippen molar-refractivity contribution in [2.75, 3.05) is 5.32 Å². The molecule has 0 radical (unpaired) electrons. The number of carbonyl (C=O) groups is 2. The van der Waals surface area contributed by atoms with E-state index < -0.39 is 18.0 Å². The molecule has 1 atom stereocenters. The molecule has 0 aliphatic carbocycles. The molecule has 0 aromatic heterocycles. The Balaban J connectivity index is 2.81. The highest BCUT2D eigenvalue weighted by molar-refractivity contribution is 5.93. The summed E-state index contributed by atoms with van der Waals surface area (Å²) >= 11 is 0. The number of terminal acetylenes is 1. The highest BCUT2D eigenvalue weighted by atomic mass is 16.4. The van der Waals surface area contributed by atoms with Gasteiger partial charge in [-0.1, -0.05) is 25.1 Å². The number of amides is 2. The normalized spacial score (nSPS) is 11.2. The average Bonchev–Trinajstić information content (AvgIpc) is 2.40. The van der Waals surface area contributed by atoms with Crippen LogP contribution in [0.1, 0.15) is 24.5 Å². The molecule has 1 rings (SSSR count). The third-order valence-electron chi connectivity index (χ3n) is 2.90. The van der Waals surface area contributed by atoms with Crippen LogP contribution in [-0.2, 0) is 11.2 Å². The fourth-order valence-corrected chi connectivity index (χ4v) is 1.83. The molecule has 0 bridgehead atoms. The number of para-hydroxylation sites is 1. The van der Waals surface area contributed by atoms with E-state index in [1.807, 2.05) is 32.0 Å². The smallest absolute Gasteiger partial charge is 0.327 e. The molecule has 0 spiro atoms. The van der Waals surface area contributed by atoms with Gasteiger partial charge in [0, 0.05) is 12.1 Å². The van der Waals surface area contributed by atoms with Gasteiger partial charge in [0.1, 0.15) is 6.04 Å². The Labute approximate surface area is 118 Å². The van der Waals surface area contributed by atoms with Crippen LogP contribution in [0, 0.1) is 19.3 Å². The lowest BCUT2D eigenvalue weighted by Crippen LogP contribution is -2.43. The molecule has 0 saturated heterocycles. The molecule has 1 unspecified atom stereocenters. The van der Waals surface area contributed by atoms with E-state index in [9.17, 15) is 9.59 Å². The number of aliphatic carboxylic acids is 1. The zero-order valence-electron chi connectivity index (χ0n) is 11.6. The standard InChI is InChI=1S/C15H18N2O3/c1-4-7-12(14(18)19)16-15(20)17-13-10(3)8-6-9-11(13)5-2/h1,6,8-9,12H,5,7H2,2-3H3,(H,18,19)(H2,16,17,20). The number of rotatable bonds is 5. The van der Waals surface area contributed by atoms with Crippen LogP contribution < -0.4 is 10.6 Å². The van der Waals surface area contributed by atoms with Crippen molar-refractivity contribution in [2.24, 2.45) is 0 Å². The summed E-state index contributed by atoms with van der Waals surface area (Å²) in [6.07, 6.45) is 5.79. The quantitative estimate of drug-likeness (QED) is 0.720. The highest BCUT2D eigenvalue weighted by Crippen LogP contribution is 2.20. The summed E-state index contributed by atoms with van der Waals surface area (Å²) in [6.45, 7) is 3.86. The van der Waals surface area contributed by atoms with Gasteiger partial charge in [0.2, 0.25) is 0 Å². The van der Waals surface area contributed by atoms with Crippen molar-refractivity contribution in [3.8, 4) is 12.3 Å². The largest absolute Gasteiger partial charge is 0.480 e. The second-order valence-electron chi connectivity index (χ2n) is 4.36. The van der Waals surface area contributed by atoms with E-state index in [0.717, 1.165) is 17.5 Å². The molecule has 0 aliphatic rings. The number of nitrogens with one attached hydrogen (secondary N) is 2. The van der Waals surface area contributed by atoms with E-state index in [1.165, 1.54) is 0 Å². The molecular formula is C15H18N2O3. The van der Waals surface area contributed by atoms with Gasteiger partial charge in [0.05, 0.1) is 0 Å². The Morgan fingerprint density at radius 2 is 2.15 bits per heavy atom. The number of benzene rings is 1. The molecule has 0 aliphatic heterocycles. The zero-order chi connectivity index (χ0) is 15.1. The summed E-state index contributed by atoms with van der Waals surface area (Å²) in [7, 11) is 0. The Morgan fingerprint density at radius 3 is 2.70 bits per heavy atom. The fraction of sp³-hybridized carbons (Fsp3) is 0.333. The predicted octanol–water partition coefficient (Wildman–Crippen LogP) is 2.16. The Kier molecular flexibility index (Phi) is 5.60. The maximum atomic E-state index is 11.9. The first-order chi connectivity index (χ1) is 9.49. The molecular weight excluding hydrogens is 256 g/mol. The maximum Gasteiger partial charge on any atom is 0.327 e. The van der Waals surface area contributed by atoms with Gasteiger partial charge in [-0.15, -0.1) is 12.3 Å². The Morgan fingerprint density at radius 1 is 1.45 bits per heavy atom. The van der Waals surface area contributed by atoms with Gasteiger partial charge in [-0.2, -0.15) is 0 Å². The molecule has 5 nitrogen and oxygen atoms in total. The Bertz CT molecular complexity index is 547. The van der Waals surface area contributed by atoms with E-state index in [4.69, 9.17) is 11.5 Å². The number of hydrogen-bond donors (Lipinski definition) is 3. The van der Waals surface area contributed by atoms with Crippen LogP contribution >= 0.6 is 0 Å². The van der Waals surface area contributed by atoms with Crippen LogP contribution in [0.4, 0.5) is 10.5 Å². The van der Waals surface area contributed by atoms with Crippen LogP contribution in [0.5, 0.6) is 0 Å². The molecule has 0 fully saturated rings. The molecule has 1 aromatic carbocycles. The summed E-state index contributed by atoms with van der Waals surface area (Å²) in [6, 6.07) is 4.05. The second kappa shape index (κ2) is 7.19. The monoisotopic (exact) mass is 274 g/mol. The molecule has 1 aromatic rings. The van der Waals surface area contributed by atoms with Crippen molar-refractivity contribution in [2.45, 2.75) is 32.7 Å². The van der Waals surface area contributed by atoms with Gasteiger partial charge < -0.3 is 15.7 Å². The fourth-order valence-electron chi connectivity index (χ4n) is 1.83. The van der Waals surface area contributed by atoms with Gasteiger partial charge in [-0.3, -0.25) is 0 Å². The molecule has 0 saturated carbocycles. The summed E-state index contributed by atoms with van der Waals surface area (Å²) in [5.74, 6) is 1.07. The van der Waals surface area contributed by atoms with Crippen LogP contribution in [-0.4, -0.2) is 23.1 Å². The zero-order valence-corrected chi connectivity index (χ0v) is 11.6. The molecule has 5 heteroatoms. The van der Waals surface area contributed by atoms with Gasteiger partial charge in [0.25, 0.3) is 0 Å². The van der Waals surface area contributed by atoms with E-state index in [0.29, 0.717) is 5.69 Å². The number of carboxylic acid groups (broad SMARTS) is 1. The second-order valence-corrected chi connectivity index (χ2v) is 4.36. The third kappa shape index (κ3) is 4.02. The van der Waals surface area contributed by atoms with Crippen LogP contribution in [0.25, 0.3) is 0 Å². The molecule has 3 N–H and O–H groups in total. The number of carboxylic acids is 1. The lowest BCUT2D eigenvalue weighted by Gasteiger charge is -2.16. The molecule has 20 heavy (non-hydrogen) atoms. The number of anilines is 1. The minimum Gasteiger partial charge on any atom is -0.480 e. The topological polar surface area (TPSA) is 78.4 Å². The molecule has 106 valence electrons. The summed E-state index contributed by atoms with van der Waals surface area (Å²) in [4.78, 5) is 22.8. The number of carbonyl (C=O) groups excluding carboxylic acids is 1. The number of urea groups is 1. The van der Waals surface area contributed by atoms with Crippen molar-refractivity contribution in [3.63, 3.8) is 0 Å². The van der Waals surface area contributed by atoms with Gasteiger partial charge in [-0.05, 0) is 24.5 Å². The van der Waals surface area contributed by atoms with Gasteiger partial charge >= 0.3 is 12.0 Å². The highest BCUT2D eigenvalue weighted by Gasteiger charge is 2.19. The van der Waals surface area contributed by atoms with Gasteiger partial charge in [-0.25, -0.2) is 9.59 Å². The minimum absolute atomic E-state index is 0.0584. The van der Waals surface area contributed by atoms with Crippen LogP contribution in [0.15, 0.2) is 18.2 Å². The predicted molar refractivity (Wildman–Crippen MR) is 77.6 cm³/mol. The number of hydrogen-bond acceptors (Lipinski definition) is 2. The van der Waals surface area contributed by atoms with E-state index in [-0.39, 0.29) is 6.42 Å². The number of aryl methyl sites for hydroxylation is 2. The summed E-state index contributed by atoms with van der Waals surface area (Å²) in [5, 5.41) is 14.0. The SMILES string of the molecule is C#CCC(NC(=O)Nc1c(C)cccc1CC)C(=O)O. The van der Waals surface area contributed by atoms with Crippen molar-refractivity contribution >= 4 is 17.7 Å². The average molecular weight is 274 g/mol. The van der Waals surface area contributed by atoms with E-state index >= 15 is 0 Å². The lowest BCUT2D eigenvalue weighted by atomic mass is 10.1. The first-order valence-corrected chi connectivity index (χ1v) is 6.31. The Hall–Kier alpha value is -2.48. The third-order valence-corrected chi connectivity index (χ3v) is 2.90. The van der Waals surface area contributed by atoms with Crippen molar-refractivity contribution in [1.82, 2.24) is 5.32 Å². The first kappa shape index (κ1) is 15.6. The minimum atomic E-state index is -1.15. The molecule has 0 heterocycles. The lowest BCUT2D eigenvalue weighted by molar-refractivity contribution is -0.139. The first-order valence-electron chi connectivity index (χ1n) is 6.31. The summed E-state index contributed by atoms with van der Waals surface area (Å²) in [5.41, 5.74) is 2.62. The summed E-state index contributed by atoms with van der Waals surface area (Å²) < 4.78 is 0. The maximum absolute atomic E-state index is 11.9. The van der Waals surface area contributed by atoms with Crippen LogP contribution in [0.2, 0.25) is 0 Å². The van der Waals surface area contributed by atoms with Crippen molar-refractivity contribution < 1.29 is 14.7 Å². The van der Waals surface area contributed by atoms with Crippen molar-refractivity contribution in [1.29, 1.82) is 0 Å². The van der Waals surface area contributed by atoms with Crippen LogP contribution in [0.3, 0.4) is 0 Å². The van der Waals surface area contributed by atoms with E-state index in [2.05, 4.69) is 16.6 Å². The van der Waals surface area contributed by atoms with Crippen molar-refractivity contribution in [3.05, 3.63) is 29.3 Å².